The Bertz CT molecular complexity index is 2030. The van der Waals surface area contributed by atoms with Gasteiger partial charge in [-0.05, 0) is 35.4 Å². The van der Waals surface area contributed by atoms with Crippen LogP contribution in [0.15, 0.2) is 42.6 Å². The molecule has 3 aromatic heterocycles. The number of aliphatic hydroxyl groups excluding tert-OH is 1. The van der Waals surface area contributed by atoms with Gasteiger partial charge in [-0.1, -0.05) is 12.1 Å². The number of aliphatic hydroxyl groups is 1. The van der Waals surface area contributed by atoms with Crippen LogP contribution >= 0.6 is 0 Å². The van der Waals surface area contributed by atoms with Crippen LogP contribution in [0, 0.1) is 5.92 Å². The van der Waals surface area contributed by atoms with E-state index in [1.54, 1.807) is 0 Å². The van der Waals surface area contributed by atoms with Gasteiger partial charge in [0.1, 0.15) is 0 Å². The number of fused-ring (bicyclic) bond motifs is 9. The summed E-state index contributed by atoms with van der Waals surface area (Å²) >= 11 is 0. The lowest BCUT2D eigenvalue weighted by atomic mass is 10.00. The average Bonchev–Trinajstić information content (AvgIpc) is 3.63. The van der Waals surface area contributed by atoms with Crippen molar-refractivity contribution in [2.75, 3.05) is 59.2 Å². The molecule has 2 fully saturated rings. The molecule has 3 aliphatic rings. The summed E-state index contributed by atoms with van der Waals surface area (Å²) < 4.78 is 16.0. The van der Waals surface area contributed by atoms with Gasteiger partial charge in [0.2, 0.25) is 0 Å². The van der Waals surface area contributed by atoms with Crippen LogP contribution < -0.4 is 0 Å². The summed E-state index contributed by atoms with van der Waals surface area (Å²) in [5, 5.41) is 28.5. The lowest BCUT2D eigenvalue weighted by Gasteiger charge is -2.26. The predicted molar refractivity (Wildman–Crippen MR) is 169 cm³/mol. The summed E-state index contributed by atoms with van der Waals surface area (Å²) in [7, 11) is 0. The van der Waals surface area contributed by atoms with E-state index >= 15 is 0 Å². The molecule has 9 rings (SSSR count). The summed E-state index contributed by atoms with van der Waals surface area (Å²) in [5.74, 6) is 0.281. The Hall–Kier alpha value is -3.60. The third kappa shape index (κ3) is 3.96. The number of hydrogen-bond donors (Lipinski definition) is 3. The summed E-state index contributed by atoms with van der Waals surface area (Å²) in [6.07, 6.45) is 1.98. The van der Waals surface area contributed by atoms with E-state index < -0.39 is 0 Å². The molecule has 6 heterocycles. The molecule has 0 aliphatic carbocycles. The zero-order valence-electron chi connectivity index (χ0n) is 24.3. The molecule has 1 unspecified atom stereocenters. The van der Waals surface area contributed by atoms with Crippen molar-refractivity contribution in [2.45, 2.75) is 26.2 Å². The van der Waals surface area contributed by atoms with Crippen LogP contribution in [0.5, 0.6) is 5.88 Å². The highest BCUT2D eigenvalue weighted by Gasteiger charge is 2.30. The monoisotopic (exact) mass is 579 g/mol. The maximum Gasteiger partial charge on any atom is 0.197 e. The molecule has 2 saturated heterocycles. The number of aromatic hydroxyl groups is 1. The lowest BCUT2D eigenvalue weighted by molar-refractivity contribution is 0.0341. The van der Waals surface area contributed by atoms with Gasteiger partial charge in [0.15, 0.2) is 5.88 Å². The van der Waals surface area contributed by atoms with E-state index in [0.29, 0.717) is 0 Å². The second kappa shape index (κ2) is 9.97. The molecule has 0 spiro atoms. The van der Waals surface area contributed by atoms with Crippen LogP contribution in [0.1, 0.15) is 11.1 Å². The molecule has 1 atom stereocenters. The molecule has 9 heteroatoms. The van der Waals surface area contributed by atoms with Gasteiger partial charge < -0.3 is 33.8 Å². The second-order valence-corrected chi connectivity index (χ2v) is 12.6. The smallest absolute Gasteiger partial charge is 0.197 e. The summed E-state index contributed by atoms with van der Waals surface area (Å²) in [5.41, 5.74) is 7.23. The van der Waals surface area contributed by atoms with E-state index in [1.807, 2.05) is 6.20 Å². The zero-order chi connectivity index (χ0) is 28.7. The van der Waals surface area contributed by atoms with E-state index in [9.17, 15) is 10.2 Å². The molecule has 0 radical (unpaired) electrons. The predicted octanol–water partition coefficient (Wildman–Crippen LogP) is 4.38. The topological polar surface area (TPSA) is 91.0 Å². The highest BCUT2D eigenvalue weighted by atomic mass is 16.5. The van der Waals surface area contributed by atoms with Crippen molar-refractivity contribution in [3.05, 3.63) is 53.7 Å². The molecule has 9 nitrogen and oxygen atoms in total. The van der Waals surface area contributed by atoms with Gasteiger partial charge in [-0.15, -0.1) is 0 Å². The molecule has 6 aromatic rings. The summed E-state index contributed by atoms with van der Waals surface area (Å²) in [6.45, 7) is 10.2. The SMILES string of the molecule is OCC1Cn2c3ccc(CN4CCOCC4)cc3c3c4c[nH]c(O)c4c4c5cc(CN6CCOCC6)ccc5n(c4c32)C1. The Kier molecular flexibility index (Phi) is 6.00. The van der Waals surface area contributed by atoms with Crippen molar-refractivity contribution in [1.82, 2.24) is 23.9 Å². The molecule has 0 bridgehead atoms. The number of rotatable bonds is 5. The van der Waals surface area contributed by atoms with Gasteiger partial charge in [0.05, 0.1) is 42.8 Å². The Balaban J connectivity index is 1.33. The molecular formula is C34H37N5O4. The molecular weight excluding hydrogens is 542 g/mol. The van der Waals surface area contributed by atoms with Gasteiger partial charge in [0.25, 0.3) is 0 Å². The van der Waals surface area contributed by atoms with E-state index in [-0.39, 0.29) is 18.4 Å². The van der Waals surface area contributed by atoms with Crippen molar-refractivity contribution in [2.24, 2.45) is 5.92 Å². The number of hydrogen-bond acceptors (Lipinski definition) is 6. The van der Waals surface area contributed by atoms with Gasteiger partial charge in [-0.2, -0.15) is 0 Å². The van der Waals surface area contributed by atoms with Crippen LogP contribution in [-0.4, -0.2) is 93.3 Å². The van der Waals surface area contributed by atoms with Crippen molar-refractivity contribution >= 4 is 54.4 Å². The van der Waals surface area contributed by atoms with Crippen molar-refractivity contribution < 1.29 is 19.7 Å². The highest BCUT2D eigenvalue weighted by molar-refractivity contribution is 6.36. The molecule has 222 valence electrons. The second-order valence-electron chi connectivity index (χ2n) is 12.6. The molecule has 3 aliphatic heterocycles. The number of aromatic nitrogens is 3. The first-order chi connectivity index (χ1) is 21.2. The van der Waals surface area contributed by atoms with Gasteiger partial charge >= 0.3 is 0 Å². The number of benzene rings is 3. The quantitative estimate of drug-likeness (QED) is 0.281. The third-order valence-electron chi connectivity index (χ3n) is 10.0. The maximum atomic E-state index is 11.4. The maximum absolute atomic E-state index is 11.4. The lowest BCUT2D eigenvalue weighted by Crippen LogP contribution is -2.35. The Morgan fingerprint density at radius 1 is 0.698 bits per heavy atom. The minimum atomic E-state index is 0.0700. The van der Waals surface area contributed by atoms with Crippen molar-refractivity contribution in [1.29, 1.82) is 0 Å². The standard InChI is InChI=1S/C34H37N5O4/c40-20-23-18-38-27-3-1-21(16-36-5-9-42-10-6-36)13-24(27)29-26-15-35-34(41)31(26)30-25-14-22(17-37-7-11-43-12-8-37)2-4-28(25)39(19-23)33(30)32(29)38/h1-4,13-15,23,35,40-41H,5-12,16-20H2. The summed E-state index contributed by atoms with van der Waals surface area (Å²) in [4.78, 5) is 8.08. The van der Waals surface area contributed by atoms with Gasteiger partial charge in [0, 0.05) is 109 Å². The molecule has 3 N–H and O–H groups in total. The number of nitrogens with zero attached hydrogens (tertiary/aromatic N) is 4. The van der Waals surface area contributed by atoms with E-state index in [1.165, 1.54) is 32.9 Å². The first-order valence-electron chi connectivity index (χ1n) is 15.6. The fraction of sp³-hybridized carbons (Fsp3) is 0.412. The molecule has 0 saturated carbocycles. The van der Waals surface area contributed by atoms with E-state index in [2.05, 4.69) is 60.3 Å². The first-order valence-corrected chi connectivity index (χ1v) is 15.6. The fourth-order valence-corrected chi connectivity index (χ4v) is 7.98. The number of aromatic amines is 1. The van der Waals surface area contributed by atoms with Crippen LogP contribution in [0.2, 0.25) is 0 Å². The Morgan fingerprint density at radius 2 is 1.23 bits per heavy atom. The van der Waals surface area contributed by atoms with Gasteiger partial charge in [-0.25, -0.2) is 0 Å². The van der Waals surface area contributed by atoms with Crippen molar-refractivity contribution in [3.8, 4) is 5.88 Å². The number of morpholine rings is 2. The van der Waals surface area contributed by atoms with Crippen LogP contribution in [0.4, 0.5) is 0 Å². The normalized spacial score (nSPS) is 20.4. The third-order valence-corrected chi connectivity index (χ3v) is 10.0. The highest BCUT2D eigenvalue weighted by Crippen LogP contribution is 2.48. The van der Waals surface area contributed by atoms with E-state index in [4.69, 9.17) is 9.47 Å². The van der Waals surface area contributed by atoms with Crippen LogP contribution in [0.25, 0.3) is 54.4 Å². The van der Waals surface area contributed by atoms with Gasteiger partial charge in [-0.3, -0.25) is 9.80 Å². The molecule has 0 amide bonds. The average molecular weight is 580 g/mol. The number of nitrogens with one attached hydrogen (secondary N) is 1. The minimum absolute atomic E-state index is 0.0700. The largest absolute Gasteiger partial charge is 0.494 e. The Labute approximate surface area is 248 Å². The molecule has 43 heavy (non-hydrogen) atoms. The van der Waals surface area contributed by atoms with Crippen LogP contribution in [-0.2, 0) is 35.7 Å². The number of H-pyrrole nitrogens is 1. The van der Waals surface area contributed by atoms with Crippen LogP contribution in [0.3, 0.4) is 0 Å². The number of ether oxygens (including phenoxy) is 2. The fourth-order valence-electron chi connectivity index (χ4n) is 7.98. The van der Waals surface area contributed by atoms with E-state index in [0.717, 1.165) is 111 Å². The Morgan fingerprint density at radius 3 is 1.79 bits per heavy atom. The van der Waals surface area contributed by atoms with Crippen molar-refractivity contribution in [3.63, 3.8) is 0 Å². The zero-order valence-corrected chi connectivity index (χ0v) is 24.3. The minimum Gasteiger partial charge on any atom is -0.494 e. The summed E-state index contributed by atoms with van der Waals surface area (Å²) in [6, 6.07) is 13.7. The molecule has 3 aromatic carbocycles. The first kappa shape index (κ1) is 25.9.